The summed E-state index contributed by atoms with van der Waals surface area (Å²) in [6, 6.07) is 13.3. The molecule has 1 unspecified atom stereocenters. The number of benzene rings is 2. The number of esters is 1. The third kappa shape index (κ3) is 3.62. The fraction of sp³-hybridized carbons (Fsp3) is 0.267. The molecular formula is C15H14Cl2O2. The summed E-state index contributed by atoms with van der Waals surface area (Å²) >= 11 is 11.7. The van der Waals surface area contributed by atoms with Crippen LogP contribution in [-0.2, 0) is 4.74 Å². The summed E-state index contributed by atoms with van der Waals surface area (Å²) in [6.07, 6.45) is 0. The number of ether oxygens (including phenoxy) is 1. The maximum atomic E-state index is 11.9. The van der Waals surface area contributed by atoms with E-state index in [4.69, 9.17) is 27.9 Å². The third-order valence-electron chi connectivity index (χ3n) is 2.77. The highest BCUT2D eigenvalue weighted by Crippen LogP contribution is 2.19. The summed E-state index contributed by atoms with van der Waals surface area (Å²) in [4.78, 5) is 11.2. The molecule has 0 saturated heterocycles. The minimum absolute atomic E-state index is 0.0870. The first kappa shape index (κ1) is 14.2. The van der Waals surface area contributed by atoms with Gasteiger partial charge in [-0.15, -0.1) is 23.2 Å². The van der Waals surface area contributed by atoms with Gasteiger partial charge in [-0.3, -0.25) is 0 Å². The molecule has 2 nitrogen and oxygen atoms in total. The second-order valence-electron chi connectivity index (χ2n) is 4.69. The van der Waals surface area contributed by atoms with Crippen LogP contribution in [0.4, 0.5) is 0 Å². The Morgan fingerprint density at radius 2 is 1.89 bits per heavy atom. The van der Waals surface area contributed by atoms with E-state index in [0.29, 0.717) is 5.56 Å². The molecule has 0 amide bonds. The lowest BCUT2D eigenvalue weighted by Gasteiger charge is -2.18. The van der Waals surface area contributed by atoms with Gasteiger partial charge in [0.05, 0.1) is 10.4 Å². The highest BCUT2D eigenvalue weighted by molar-refractivity contribution is 6.30. The fourth-order valence-electron chi connectivity index (χ4n) is 1.65. The van der Waals surface area contributed by atoms with Gasteiger partial charge in [0.25, 0.3) is 0 Å². The van der Waals surface area contributed by atoms with Crippen molar-refractivity contribution in [3.8, 4) is 0 Å². The lowest BCUT2D eigenvalue weighted by Crippen LogP contribution is -2.27. The number of hydrogen-bond acceptors (Lipinski definition) is 2. The zero-order chi connectivity index (χ0) is 13.9. The first-order chi connectivity index (χ1) is 9.02. The number of halogens is 2. The van der Waals surface area contributed by atoms with E-state index < -0.39 is 4.87 Å². The Morgan fingerprint density at radius 1 is 1.21 bits per heavy atom. The summed E-state index contributed by atoms with van der Waals surface area (Å²) in [6.45, 7) is 1.82. The Kier molecular flexibility index (Phi) is 4.33. The van der Waals surface area contributed by atoms with Crippen LogP contribution in [0.25, 0.3) is 10.8 Å². The average molecular weight is 297 g/mol. The first-order valence-corrected chi connectivity index (χ1v) is 6.84. The molecule has 0 aliphatic carbocycles. The third-order valence-corrected chi connectivity index (χ3v) is 3.74. The number of hydrogen-bond donors (Lipinski definition) is 0. The minimum atomic E-state index is -0.728. The predicted molar refractivity (Wildman–Crippen MR) is 79.2 cm³/mol. The van der Waals surface area contributed by atoms with Gasteiger partial charge in [-0.05, 0) is 29.8 Å². The van der Waals surface area contributed by atoms with Crippen LogP contribution >= 0.6 is 23.2 Å². The van der Waals surface area contributed by atoms with Gasteiger partial charge < -0.3 is 4.74 Å². The Hall–Kier alpha value is -1.25. The molecule has 4 heteroatoms. The maximum Gasteiger partial charge on any atom is 0.338 e. The van der Waals surface area contributed by atoms with Crippen molar-refractivity contribution in [1.82, 2.24) is 0 Å². The zero-order valence-electron chi connectivity index (χ0n) is 10.5. The van der Waals surface area contributed by atoms with Crippen LogP contribution in [0.3, 0.4) is 0 Å². The van der Waals surface area contributed by atoms with Crippen LogP contribution in [0.1, 0.15) is 17.3 Å². The molecule has 2 rings (SSSR count). The molecule has 0 aliphatic heterocycles. The van der Waals surface area contributed by atoms with E-state index in [2.05, 4.69) is 0 Å². The van der Waals surface area contributed by atoms with Crippen LogP contribution in [-0.4, -0.2) is 23.3 Å². The molecule has 0 saturated carbocycles. The van der Waals surface area contributed by atoms with E-state index >= 15 is 0 Å². The highest BCUT2D eigenvalue weighted by Gasteiger charge is 2.22. The maximum absolute atomic E-state index is 11.9. The van der Waals surface area contributed by atoms with Gasteiger partial charge in [0.15, 0.2) is 0 Å². The van der Waals surface area contributed by atoms with Crippen LogP contribution in [0.5, 0.6) is 0 Å². The van der Waals surface area contributed by atoms with E-state index in [1.807, 2.05) is 36.4 Å². The van der Waals surface area contributed by atoms with Gasteiger partial charge in [0.2, 0.25) is 0 Å². The van der Waals surface area contributed by atoms with E-state index in [1.165, 1.54) is 0 Å². The number of carbonyl (C=O) groups is 1. The topological polar surface area (TPSA) is 26.3 Å². The number of carbonyl (C=O) groups excluding carboxylic acids is 1. The summed E-state index contributed by atoms with van der Waals surface area (Å²) in [5.41, 5.74) is 0.515. The SMILES string of the molecule is CC(Cl)(CCl)COC(=O)c1ccc2ccccc2c1. The molecule has 2 aromatic rings. The van der Waals surface area contributed by atoms with Crippen molar-refractivity contribution < 1.29 is 9.53 Å². The largest absolute Gasteiger partial charge is 0.460 e. The van der Waals surface area contributed by atoms with Crippen LogP contribution in [0, 0.1) is 0 Å². The fourth-order valence-corrected chi connectivity index (χ4v) is 1.79. The number of rotatable bonds is 4. The highest BCUT2D eigenvalue weighted by atomic mass is 35.5. The Bertz CT molecular complexity index is 593. The van der Waals surface area contributed by atoms with E-state index in [-0.39, 0.29) is 18.5 Å². The van der Waals surface area contributed by atoms with Gasteiger partial charge >= 0.3 is 5.97 Å². The van der Waals surface area contributed by atoms with Gasteiger partial charge in [0.1, 0.15) is 6.61 Å². The Balaban J connectivity index is 2.13. The van der Waals surface area contributed by atoms with Gasteiger partial charge in [-0.2, -0.15) is 0 Å². The Labute approximate surface area is 122 Å². The second kappa shape index (κ2) is 5.81. The standard InChI is InChI=1S/C15H14Cl2O2/c1-15(17,9-16)10-19-14(18)13-7-6-11-4-2-3-5-12(11)8-13/h2-8H,9-10H2,1H3. The first-order valence-electron chi connectivity index (χ1n) is 5.93. The quantitative estimate of drug-likeness (QED) is 0.623. The number of fused-ring (bicyclic) bond motifs is 1. The molecule has 100 valence electrons. The molecule has 0 N–H and O–H groups in total. The van der Waals surface area contributed by atoms with Crippen molar-refractivity contribution in [3.63, 3.8) is 0 Å². The van der Waals surface area contributed by atoms with Crippen molar-refractivity contribution in [2.24, 2.45) is 0 Å². The van der Waals surface area contributed by atoms with Crippen molar-refractivity contribution in [1.29, 1.82) is 0 Å². The summed E-state index contributed by atoms with van der Waals surface area (Å²) < 4.78 is 5.18. The van der Waals surface area contributed by atoms with Crippen molar-refractivity contribution in [2.75, 3.05) is 12.5 Å². The van der Waals surface area contributed by atoms with E-state index in [0.717, 1.165) is 10.8 Å². The zero-order valence-corrected chi connectivity index (χ0v) is 12.0. The van der Waals surface area contributed by atoms with Gasteiger partial charge in [-0.1, -0.05) is 30.3 Å². The molecule has 0 fully saturated rings. The minimum Gasteiger partial charge on any atom is -0.460 e. The summed E-state index contributed by atoms with van der Waals surface area (Å²) in [5.74, 6) is -0.165. The normalized spacial score (nSPS) is 14.1. The van der Waals surface area contributed by atoms with Gasteiger partial charge in [0, 0.05) is 5.88 Å². The lowest BCUT2D eigenvalue weighted by atomic mass is 10.1. The van der Waals surface area contributed by atoms with Crippen molar-refractivity contribution in [2.45, 2.75) is 11.8 Å². The Morgan fingerprint density at radius 3 is 2.58 bits per heavy atom. The molecule has 2 aromatic carbocycles. The monoisotopic (exact) mass is 296 g/mol. The van der Waals surface area contributed by atoms with Gasteiger partial charge in [-0.25, -0.2) is 4.79 Å². The smallest absolute Gasteiger partial charge is 0.338 e. The lowest BCUT2D eigenvalue weighted by molar-refractivity contribution is 0.0476. The number of alkyl halides is 2. The molecule has 0 aromatic heterocycles. The summed E-state index contributed by atoms with van der Waals surface area (Å²) in [5, 5.41) is 2.09. The molecule has 1 atom stereocenters. The van der Waals surface area contributed by atoms with Crippen LogP contribution in [0.2, 0.25) is 0 Å². The second-order valence-corrected chi connectivity index (χ2v) is 5.86. The van der Waals surface area contributed by atoms with Crippen molar-refractivity contribution in [3.05, 3.63) is 48.0 Å². The van der Waals surface area contributed by atoms with Crippen LogP contribution < -0.4 is 0 Å². The van der Waals surface area contributed by atoms with E-state index in [1.54, 1.807) is 13.0 Å². The molecule has 0 aliphatic rings. The molecule has 19 heavy (non-hydrogen) atoms. The molecule has 0 spiro atoms. The van der Waals surface area contributed by atoms with E-state index in [9.17, 15) is 4.79 Å². The average Bonchev–Trinajstić information content (AvgIpc) is 2.44. The molecular weight excluding hydrogens is 283 g/mol. The predicted octanol–water partition coefficient (Wildman–Crippen LogP) is 4.23. The molecule has 0 heterocycles. The van der Waals surface area contributed by atoms with Crippen molar-refractivity contribution >= 4 is 39.9 Å². The molecule has 0 bridgehead atoms. The molecule has 0 radical (unpaired) electrons. The van der Waals surface area contributed by atoms with Crippen LogP contribution in [0.15, 0.2) is 42.5 Å². The summed E-state index contributed by atoms with van der Waals surface area (Å²) in [7, 11) is 0.